The van der Waals surface area contributed by atoms with Crippen molar-refractivity contribution in [1.29, 1.82) is 0 Å². The molecule has 0 radical (unpaired) electrons. The number of ether oxygens (including phenoxy) is 1. The van der Waals surface area contributed by atoms with E-state index in [2.05, 4.69) is 31.3 Å². The summed E-state index contributed by atoms with van der Waals surface area (Å²) in [5, 5.41) is 3.38. The Hall–Kier alpha value is -2.10. The lowest BCUT2D eigenvalue weighted by Crippen LogP contribution is -2.52. The van der Waals surface area contributed by atoms with Gasteiger partial charge in [-0.2, -0.15) is 0 Å². The third kappa shape index (κ3) is 3.01. The number of Topliss-reactive ketones (excluding diaryl/α,β-unsaturated/α-hetero) is 1. The molecule has 5 rings (SSSR count). The second kappa shape index (κ2) is 7.50. The lowest BCUT2D eigenvalue weighted by molar-refractivity contribution is -0.152. The van der Waals surface area contributed by atoms with E-state index in [1.165, 1.54) is 12.7 Å². The van der Waals surface area contributed by atoms with Crippen molar-refractivity contribution in [2.24, 2.45) is 40.4 Å². The number of fused-ring (bicyclic) bond motifs is 5. The van der Waals surface area contributed by atoms with Gasteiger partial charge in [-0.15, -0.1) is 0 Å². The summed E-state index contributed by atoms with van der Waals surface area (Å²) in [5.74, 6) is 1.99. The zero-order chi connectivity index (χ0) is 21.8. The molecule has 1 heterocycles. The molecule has 1 aliphatic heterocycles. The molecule has 3 fully saturated rings. The third-order valence-corrected chi connectivity index (χ3v) is 9.69. The molecule has 1 unspecified atom stereocenters. The summed E-state index contributed by atoms with van der Waals surface area (Å²) in [4.78, 5) is 25.6. The van der Waals surface area contributed by atoms with E-state index in [0.29, 0.717) is 30.0 Å². The third-order valence-electron chi connectivity index (χ3n) is 9.69. The van der Waals surface area contributed by atoms with Gasteiger partial charge < -0.3 is 10.1 Å². The van der Waals surface area contributed by atoms with E-state index in [4.69, 9.17) is 4.74 Å². The Kier molecular flexibility index (Phi) is 5.02. The highest BCUT2D eigenvalue weighted by Crippen LogP contribution is 2.66. The van der Waals surface area contributed by atoms with E-state index in [1.807, 2.05) is 24.4 Å². The monoisotopic (exact) mass is 421 g/mol. The first-order valence-corrected chi connectivity index (χ1v) is 12.0. The molecule has 4 nitrogen and oxygen atoms in total. The maximum Gasteiger partial charge on any atom is 0.309 e. The van der Waals surface area contributed by atoms with Gasteiger partial charge in [0.05, 0.1) is 18.9 Å². The van der Waals surface area contributed by atoms with Gasteiger partial charge in [0.15, 0.2) is 0 Å². The first-order chi connectivity index (χ1) is 14.9. The molecule has 4 aliphatic carbocycles. The second-order valence-electron chi connectivity index (χ2n) is 10.8. The molecule has 166 valence electrons. The van der Waals surface area contributed by atoms with Gasteiger partial charge in [-0.3, -0.25) is 9.59 Å². The summed E-state index contributed by atoms with van der Waals surface area (Å²) >= 11 is 0. The van der Waals surface area contributed by atoms with E-state index < -0.39 is 0 Å². The summed E-state index contributed by atoms with van der Waals surface area (Å²) in [5.41, 5.74) is 2.48. The minimum Gasteiger partial charge on any atom is -0.469 e. The molecule has 7 atom stereocenters. The van der Waals surface area contributed by atoms with Crippen LogP contribution in [0.3, 0.4) is 0 Å². The minimum atomic E-state index is -0.146. The van der Waals surface area contributed by atoms with Crippen LogP contribution in [-0.2, 0) is 14.3 Å². The van der Waals surface area contributed by atoms with Crippen molar-refractivity contribution >= 4 is 11.8 Å². The molecule has 0 aromatic carbocycles. The van der Waals surface area contributed by atoms with E-state index in [-0.39, 0.29) is 28.6 Å². The summed E-state index contributed by atoms with van der Waals surface area (Å²) in [7, 11) is 1.53. The molecule has 31 heavy (non-hydrogen) atoms. The molecule has 0 bridgehead atoms. The van der Waals surface area contributed by atoms with Gasteiger partial charge in [0, 0.05) is 18.3 Å². The number of carbonyl (C=O) groups excluding carboxylic acids is 2. The van der Waals surface area contributed by atoms with E-state index >= 15 is 0 Å². The Bertz CT molecular complexity index is 911. The SMILES string of the molecule is COC(=O)[C@H]1CC[C@H]2[C@@H]3CC=C4C(C5=CC=CC=CN5)C(=O)CC[C@]4(C)[C@H]3CC[C@]12C. The van der Waals surface area contributed by atoms with Crippen molar-refractivity contribution in [2.45, 2.75) is 58.8 Å². The highest BCUT2D eigenvalue weighted by atomic mass is 16.5. The van der Waals surface area contributed by atoms with Crippen LogP contribution in [0.15, 0.2) is 47.9 Å². The Labute approximate surface area is 185 Å². The number of nitrogens with one attached hydrogen (secondary N) is 1. The molecule has 4 heteroatoms. The Balaban J connectivity index is 1.49. The fraction of sp³-hybridized carbons (Fsp3) is 0.630. The molecule has 0 aromatic heterocycles. The van der Waals surface area contributed by atoms with Crippen LogP contribution in [0.2, 0.25) is 0 Å². The van der Waals surface area contributed by atoms with Crippen molar-refractivity contribution < 1.29 is 14.3 Å². The quantitative estimate of drug-likeness (QED) is 0.498. The number of rotatable bonds is 2. The largest absolute Gasteiger partial charge is 0.469 e. The zero-order valence-corrected chi connectivity index (χ0v) is 19.0. The topological polar surface area (TPSA) is 55.4 Å². The zero-order valence-electron chi connectivity index (χ0n) is 19.0. The van der Waals surface area contributed by atoms with E-state index in [9.17, 15) is 9.59 Å². The summed E-state index contributed by atoms with van der Waals surface area (Å²) < 4.78 is 5.18. The highest BCUT2D eigenvalue weighted by Gasteiger charge is 2.61. The maximum absolute atomic E-state index is 13.1. The van der Waals surface area contributed by atoms with Crippen molar-refractivity contribution in [1.82, 2.24) is 5.32 Å². The van der Waals surface area contributed by atoms with Crippen molar-refractivity contribution in [3.05, 3.63) is 47.9 Å². The van der Waals surface area contributed by atoms with Crippen molar-refractivity contribution in [3.8, 4) is 0 Å². The number of hydrogen-bond acceptors (Lipinski definition) is 4. The molecule has 0 spiro atoms. The predicted molar refractivity (Wildman–Crippen MR) is 121 cm³/mol. The summed E-state index contributed by atoms with van der Waals surface area (Å²) in [6, 6.07) is 0. The van der Waals surface area contributed by atoms with Gasteiger partial charge in [0.2, 0.25) is 0 Å². The molecule has 0 amide bonds. The van der Waals surface area contributed by atoms with Gasteiger partial charge in [-0.1, -0.05) is 37.6 Å². The minimum absolute atomic E-state index is 0.0162. The second-order valence-corrected chi connectivity index (χ2v) is 10.8. The Morgan fingerprint density at radius 1 is 1.10 bits per heavy atom. The summed E-state index contributed by atoms with van der Waals surface area (Å²) in [6.07, 6.45) is 19.4. The number of methoxy groups -OCH3 is 1. The van der Waals surface area contributed by atoms with Crippen LogP contribution >= 0.6 is 0 Å². The van der Waals surface area contributed by atoms with Crippen molar-refractivity contribution in [2.75, 3.05) is 7.11 Å². The van der Waals surface area contributed by atoms with Crippen LogP contribution in [-0.4, -0.2) is 18.9 Å². The van der Waals surface area contributed by atoms with E-state index in [1.54, 1.807) is 0 Å². The fourth-order valence-corrected chi connectivity index (χ4v) is 8.12. The molecular formula is C27H35NO3. The molecule has 3 saturated carbocycles. The number of allylic oxidation sites excluding steroid dienone is 6. The molecule has 5 aliphatic rings. The predicted octanol–water partition coefficient (Wildman–Crippen LogP) is 5.09. The van der Waals surface area contributed by atoms with Gasteiger partial charge >= 0.3 is 5.97 Å². The first kappa shape index (κ1) is 20.8. The standard InChI is InChI=1S/C27H35NO3/c1-26-15-13-23(29)24(22-7-5-4-6-16-28-22)20(26)9-8-17-18-10-11-21(25(30)31-3)27(18,2)14-12-19(17)26/h4-7,9,16-19,21,24,28H,8,10-15H2,1-3H3/t17-,18-,19-,21+,24?,26+,27-/m0/s1. The number of hydrogen-bond donors (Lipinski definition) is 1. The Morgan fingerprint density at radius 2 is 1.94 bits per heavy atom. The van der Waals surface area contributed by atoms with Gasteiger partial charge in [-0.05, 0) is 79.3 Å². The van der Waals surface area contributed by atoms with E-state index in [0.717, 1.165) is 44.2 Å². The lowest BCUT2D eigenvalue weighted by atomic mass is 9.46. The van der Waals surface area contributed by atoms with Crippen LogP contribution in [0.5, 0.6) is 0 Å². The normalized spacial score (nSPS) is 43.6. The molecular weight excluding hydrogens is 386 g/mol. The van der Waals surface area contributed by atoms with Crippen LogP contribution in [0.1, 0.15) is 58.8 Å². The number of carbonyl (C=O) groups is 2. The smallest absolute Gasteiger partial charge is 0.309 e. The number of esters is 1. The van der Waals surface area contributed by atoms with Crippen LogP contribution in [0, 0.1) is 40.4 Å². The van der Waals surface area contributed by atoms with Gasteiger partial charge in [-0.25, -0.2) is 0 Å². The van der Waals surface area contributed by atoms with Gasteiger partial charge in [0.1, 0.15) is 5.78 Å². The van der Waals surface area contributed by atoms with Crippen LogP contribution < -0.4 is 5.32 Å². The molecule has 1 N–H and O–H groups in total. The Morgan fingerprint density at radius 3 is 2.74 bits per heavy atom. The highest BCUT2D eigenvalue weighted by molar-refractivity contribution is 5.88. The van der Waals surface area contributed by atoms with Crippen LogP contribution in [0.25, 0.3) is 0 Å². The van der Waals surface area contributed by atoms with Gasteiger partial charge in [0.25, 0.3) is 0 Å². The average Bonchev–Trinajstić information content (AvgIpc) is 2.92. The molecule has 0 saturated heterocycles. The first-order valence-electron chi connectivity index (χ1n) is 12.0. The summed E-state index contributed by atoms with van der Waals surface area (Å²) in [6.45, 7) is 4.77. The van der Waals surface area contributed by atoms with Crippen molar-refractivity contribution in [3.63, 3.8) is 0 Å². The fourth-order valence-electron chi connectivity index (χ4n) is 8.12. The average molecular weight is 422 g/mol. The maximum atomic E-state index is 13.1. The molecule has 0 aromatic rings. The van der Waals surface area contributed by atoms with Crippen LogP contribution in [0.4, 0.5) is 0 Å². The number of ketones is 1. The lowest BCUT2D eigenvalue weighted by Gasteiger charge is -2.58.